The van der Waals surface area contributed by atoms with E-state index in [0.29, 0.717) is 0 Å². The maximum atomic E-state index is 12.5. The maximum absolute atomic E-state index is 12.5. The number of fused-ring (bicyclic) bond motifs is 1. The largest absolute Gasteiger partial charge is 0.444 e. The summed E-state index contributed by atoms with van der Waals surface area (Å²) in [4.78, 5) is 26.4. The van der Waals surface area contributed by atoms with Gasteiger partial charge < -0.3 is 9.72 Å². The van der Waals surface area contributed by atoms with Crippen molar-refractivity contribution in [3.63, 3.8) is 0 Å². The Labute approximate surface area is 148 Å². The van der Waals surface area contributed by atoms with Crippen LogP contribution in [0, 0.1) is 6.92 Å². The molecule has 134 valence electrons. The van der Waals surface area contributed by atoms with Crippen molar-refractivity contribution in [2.45, 2.75) is 65.6 Å². The van der Waals surface area contributed by atoms with Crippen molar-refractivity contribution in [1.82, 2.24) is 19.9 Å². The minimum Gasteiger partial charge on any atom is -0.444 e. The average Bonchev–Trinajstić information content (AvgIpc) is 2.86. The smallest absolute Gasteiger partial charge is 0.411 e. The molecule has 1 aliphatic rings. The van der Waals surface area contributed by atoms with Crippen LogP contribution in [0.25, 0.3) is 16.6 Å². The van der Waals surface area contributed by atoms with E-state index in [2.05, 4.69) is 34.9 Å². The number of aromatic nitrogens is 3. The Balaban J connectivity index is 1.94. The Kier molecular flexibility index (Phi) is 4.31. The molecule has 0 saturated heterocycles. The van der Waals surface area contributed by atoms with E-state index in [1.807, 2.05) is 33.9 Å². The fourth-order valence-electron chi connectivity index (χ4n) is 3.45. The summed E-state index contributed by atoms with van der Waals surface area (Å²) >= 11 is 0. The topological polar surface area (TPSA) is 71.1 Å². The van der Waals surface area contributed by atoms with Crippen LogP contribution < -0.4 is 0 Å². The standard InChI is InChI=1S/C19H26N4O2/c1-11-9-20-17-15(11)16(21-10-22-17)14-7-12(2)23(13(3)8-14)18(24)25-19(4,5)6/h7,9-10,12-13H,8H2,1-6H3,(H,20,21,22). The zero-order chi connectivity index (χ0) is 18.4. The third-order valence-corrected chi connectivity index (χ3v) is 4.45. The number of nitrogens with one attached hydrogen (secondary N) is 1. The summed E-state index contributed by atoms with van der Waals surface area (Å²) in [6.45, 7) is 11.8. The molecule has 0 bridgehead atoms. The fourth-order valence-corrected chi connectivity index (χ4v) is 3.45. The summed E-state index contributed by atoms with van der Waals surface area (Å²) < 4.78 is 5.56. The molecule has 0 radical (unpaired) electrons. The third-order valence-electron chi connectivity index (χ3n) is 4.45. The lowest BCUT2D eigenvalue weighted by Crippen LogP contribution is -2.48. The van der Waals surface area contributed by atoms with Crippen LogP contribution in [0.15, 0.2) is 18.6 Å². The molecule has 0 aromatic carbocycles. The number of hydrogen-bond donors (Lipinski definition) is 1. The van der Waals surface area contributed by atoms with E-state index in [1.54, 1.807) is 11.2 Å². The molecule has 6 nitrogen and oxygen atoms in total. The first kappa shape index (κ1) is 17.5. The SMILES string of the molecule is Cc1c[nH]c2ncnc(C3=CC(C)N(C(=O)OC(C)(C)C)C(C)C3)c12. The van der Waals surface area contributed by atoms with Gasteiger partial charge >= 0.3 is 6.09 Å². The van der Waals surface area contributed by atoms with Crippen molar-refractivity contribution < 1.29 is 9.53 Å². The maximum Gasteiger partial charge on any atom is 0.411 e. The number of ether oxygens (including phenoxy) is 1. The van der Waals surface area contributed by atoms with Gasteiger partial charge in [0.1, 0.15) is 17.6 Å². The van der Waals surface area contributed by atoms with Crippen molar-refractivity contribution in [2.75, 3.05) is 0 Å². The molecule has 2 atom stereocenters. The highest BCUT2D eigenvalue weighted by Gasteiger charge is 2.33. The molecule has 0 saturated carbocycles. The molecule has 1 amide bonds. The predicted molar refractivity (Wildman–Crippen MR) is 98.2 cm³/mol. The summed E-state index contributed by atoms with van der Waals surface area (Å²) in [5.41, 5.74) is 3.57. The first-order valence-corrected chi connectivity index (χ1v) is 8.68. The zero-order valence-corrected chi connectivity index (χ0v) is 15.8. The summed E-state index contributed by atoms with van der Waals surface area (Å²) in [7, 11) is 0. The Morgan fingerprint density at radius 1 is 1.32 bits per heavy atom. The number of carbonyl (C=O) groups excluding carboxylic acids is 1. The van der Waals surface area contributed by atoms with Crippen LogP contribution in [-0.2, 0) is 4.74 Å². The third kappa shape index (κ3) is 3.38. The van der Waals surface area contributed by atoms with Gasteiger partial charge in [0.25, 0.3) is 0 Å². The number of H-pyrrole nitrogens is 1. The highest BCUT2D eigenvalue weighted by molar-refractivity contribution is 5.91. The van der Waals surface area contributed by atoms with E-state index in [-0.39, 0.29) is 18.2 Å². The monoisotopic (exact) mass is 342 g/mol. The molecular formula is C19H26N4O2. The van der Waals surface area contributed by atoms with E-state index in [0.717, 1.165) is 34.3 Å². The molecule has 1 N–H and O–H groups in total. The second-order valence-electron chi connectivity index (χ2n) is 7.79. The van der Waals surface area contributed by atoms with Gasteiger partial charge in [-0.2, -0.15) is 0 Å². The van der Waals surface area contributed by atoms with Crippen LogP contribution in [0.1, 0.15) is 52.3 Å². The predicted octanol–water partition coefficient (Wildman–Crippen LogP) is 4.07. The highest BCUT2D eigenvalue weighted by Crippen LogP contribution is 2.33. The average molecular weight is 342 g/mol. The van der Waals surface area contributed by atoms with E-state index in [4.69, 9.17) is 4.74 Å². The Bertz CT molecular complexity index is 832. The van der Waals surface area contributed by atoms with Crippen molar-refractivity contribution in [3.05, 3.63) is 29.9 Å². The van der Waals surface area contributed by atoms with Gasteiger partial charge in [0.05, 0.1) is 11.7 Å². The van der Waals surface area contributed by atoms with Crippen LogP contribution in [-0.4, -0.2) is 43.6 Å². The van der Waals surface area contributed by atoms with E-state index >= 15 is 0 Å². The van der Waals surface area contributed by atoms with Crippen LogP contribution in [0.3, 0.4) is 0 Å². The minimum atomic E-state index is -0.498. The zero-order valence-electron chi connectivity index (χ0n) is 15.8. The lowest BCUT2D eigenvalue weighted by Gasteiger charge is -2.38. The lowest BCUT2D eigenvalue weighted by atomic mass is 9.93. The quantitative estimate of drug-likeness (QED) is 0.848. The lowest BCUT2D eigenvalue weighted by molar-refractivity contribution is 0.0122. The molecule has 3 heterocycles. The number of aryl methyl sites for hydroxylation is 1. The van der Waals surface area contributed by atoms with Gasteiger partial charge in [0.2, 0.25) is 0 Å². The Hall–Kier alpha value is -2.37. The van der Waals surface area contributed by atoms with Gasteiger partial charge in [0, 0.05) is 17.6 Å². The Morgan fingerprint density at radius 3 is 2.68 bits per heavy atom. The van der Waals surface area contributed by atoms with Gasteiger partial charge in [-0.1, -0.05) is 6.08 Å². The first-order valence-electron chi connectivity index (χ1n) is 8.68. The van der Waals surface area contributed by atoms with E-state index in [9.17, 15) is 4.79 Å². The van der Waals surface area contributed by atoms with Crippen LogP contribution in [0.4, 0.5) is 4.79 Å². The molecule has 0 spiro atoms. The summed E-state index contributed by atoms with van der Waals surface area (Å²) in [6.07, 6.45) is 6.11. The van der Waals surface area contributed by atoms with Crippen LogP contribution in [0.5, 0.6) is 0 Å². The van der Waals surface area contributed by atoms with Gasteiger partial charge in [-0.05, 0) is 59.1 Å². The van der Waals surface area contributed by atoms with Gasteiger partial charge in [0.15, 0.2) is 0 Å². The molecular weight excluding hydrogens is 316 g/mol. The number of carbonyl (C=O) groups is 1. The van der Waals surface area contributed by atoms with Gasteiger partial charge in [-0.15, -0.1) is 0 Å². The number of amides is 1. The summed E-state index contributed by atoms with van der Waals surface area (Å²) in [5, 5.41) is 1.05. The molecule has 6 heteroatoms. The molecule has 2 aromatic rings. The minimum absolute atomic E-state index is 0.0362. The number of rotatable bonds is 1. The van der Waals surface area contributed by atoms with Crippen LogP contribution >= 0.6 is 0 Å². The number of nitrogens with zero attached hydrogens (tertiary/aromatic N) is 3. The summed E-state index contributed by atoms with van der Waals surface area (Å²) in [5.74, 6) is 0. The van der Waals surface area contributed by atoms with Crippen molar-refractivity contribution in [3.8, 4) is 0 Å². The van der Waals surface area contributed by atoms with Crippen LogP contribution in [0.2, 0.25) is 0 Å². The van der Waals surface area contributed by atoms with Gasteiger partial charge in [-0.25, -0.2) is 14.8 Å². The molecule has 0 aliphatic carbocycles. The Morgan fingerprint density at radius 2 is 2.04 bits per heavy atom. The van der Waals surface area contributed by atoms with Crippen molar-refractivity contribution >= 4 is 22.7 Å². The molecule has 1 aliphatic heterocycles. The molecule has 3 rings (SSSR count). The highest BCUT2D eigenvalue weighted by atomic mass is 16.6. The van der Waals surface area contributed by atoms with E-state index < -0.39 is 5.60 Å². The van der Waals surface area contributed by atoms with Crippen molar-refractivity contribution in [1.29, 1.82) is 0 Å². The molecule has 25 heavy (non-hydrogen) atoms. The number of hydrogen-bond acceptors (Lipinski definition) is 4. The molecule has 2 aromatic heterocycles. The second kappa shape index (κ2) is 6.17. The van der Waals surface area contributed by atoms with Crippen molar-refractivity contribution in [2.24, 2.45) is 0 Å². The normalized spacial score (nSPS) is 21.4. The number of aromatic amines is 1. The first-order chi connectivity index (χ1) is 11.7. The molecule has 0 fully saturated rings. The second-order valence-corrected chi connectivity index (χ2v) is 7.79. The molecule has 2 unspecified atom stereocenters. The fraction of sp³-hybridized carbons (Fsp3) is 0.526. The van der Waals surface area contributed by atoms with Gasteiger partial charge in [-0.3, -0.25) is 4.90 Å². The van der Waals surface area contributed by atoms with E-state index in [1.165, 1.54) is 0 Å². The summed E-state index contributed by atoms with van der Waals surface area (Å²) in [6, 6.07) is -0.0213.